The minimum atomic E-state index is -3.54. The molecule has 0 radical (unpaired) electrons. The minimum Gasteiger partial charge on any atom is -0.492 e. The number of rotatable bonds is 10. The van der Waals surface area contributed by atoms with Gasteiger partial charge in [-0.25, -0.2) is 13.1 Å². The summed E-state index contributed by atoms with van der Waals surface area (Å²) in [5, 5.41) is 2.75. The fourth-order valence-electron chi connectivity index (χ4n) is 2.45. The number of benzene rings is 2. The SMILES string of the molecule is CCCNS(=O)(=O)c1ccc(OCC(=O)Nc2ccccc2OCC)c(C)c1. The largest absolute Gasteiger partial charge is 0.492 e. The lowest BCUT2D eigenvalue weighted by molar-refractivity contribution is -0.118. The van der Waals surface area contributed by atoms with E-state index in [2.05, 4.69) is 10.0 Å². The maximum Gasteiger partial charge on any atom is 0.262 e. The van der Waals surface area contributed by atoms with Crippen LogP contribution in [0.15, 0.2) is 47.4 Å². The molecule has 28 heavy (non-hydrogen) atoms. The van der Waals surface area contributed by atoms with Crippen LogP contribution in [0.3, 0.4) is 0 Å². The van der Waals surface area contributed by atoms with Crippen molar-refractivity contribution in [2.45, 2.75) is 32.1 Å². The molecule has 2 rings (SSSR count). The minimum absolute atomic E-state index is 0.167. The molecule has 0 aliphatic carbocycles. The van der Waals surface area contributed by atoms with Crippen LogP contribution in [0.4, 0.5) is 5.69 Å². The molecule has 0 aliphatic heterocycles. The van der Waals surface area contributed by atoms with Gasteiger partial charge in [0.05, 0.1) is 17.2 Å². The number of ether oxygens (including phenoxy) is 2. The molecule has 152 valence electrons. The molecule has 8 heteroatoms. The number of anilines is 1. The molecule has 0 atom stereocenters. The Labute approximate surface area is 166 Å². The Morgan fingerprint density at radius 2 is 1.79 bits per heavy atom. The second-order valence-electron chi connectivity index (χ2n) is 6.09. The third-order valence-corrected chi connectivity index (χ3v) is 5.28. The molecule has 1 amide bonds. The standard InChI is InChI=1S/C20H26N2O5S/c1-4-12-21-28(24,25)16-10-11-18(15(3)13-16)27-14-20(23)22-17-8-6-7-9-19(17)26-5-2/h6-11,13,21H,4-5,12,14H2,1-3H3,(H,22,23). The number of hydrogen-bond acceptors (Lipinski definition) is 5. The van der Waals surface area contributed by atoms with E-state index >= 15 is 0 Å². The van der Waals surface area contributed by atoms with E-state index in [0.717, 1.165) is 0 Å². The van der Waals surface area contributed by atoms with Crippen molar-refractivity contribution >= 4 is 21.6 Å². The normalized spacial score (nSPS) is 11.1. The summed E-state index contributed by atoms with van der Waals surface area (Å²) in [6.07, 6.45) is 0.709. The Kier molecular flexibility index (Phi) is 7.83. The lowest BCUT2D eigenvalue weighted by Gasteiger charge is -2.13. The second-order valence-corrected chi connectivity index (χ2v) is 7.86. The van der Waals surface area contributed by atoms with Crippen molar-refractivity contribution < 1.29 is 22.7 Å². The summed E-state index contributed by atoms with van der Waals surface area (Å²) < 4.78 is 37.9. The molecule has 0 heterocycles. The number of aryl methyl sites for hydroxylation is 1. The summed E-state index contributed by atoms with van der Waals surface area (Å²) in [7, 11) is -3.54. The number of sulfonamides is 1. The molecule has 0 saturated heterocycles. The van der Waals surface area contributed by atoms with E-state index in [0.29, 0.717) is 42.3 Å². The van der Waals surface area contributed by atoms with Gasteiger partial charge in [0.2, 0.25) is 10.0 Å². The monoisotopic (exact) mass is 406 g/mol. The maximum atomic E-state index is 12.2. The van der Waals surface area contributed by atoms with Crippen molar-refractivity contribution in [2.75, 3.05) is 25.1 Å². The molecule has 0 unspecified atom stereocenters. The van der Waals surface area contributed by atoms with Crippen LogP contribution >= 0.6 is 0 Å². The van der Waals surface area contributed by atoms with Crippen molar-refractivity contribution in [1.82, 2.24) is 4.72 Å². The summed E-state index contributed by atoms with van der Waals surface area (Å²) in [5.74, 6) is 0.694. The summed E-state index contributed by atoms with van der Waals surface area (Å²) >= 11 is 0. The Morgan fingerprint density at radius 3 is 2.46 bits per heavy atom. The Hall–Kier alpha value is -2.58. The number of amides is 1. The van der Waals surface area contributed by atoms with E-state index in [9.17, 15) is 13.2 Å². The predicted molar refractivity (Wildman–Crippen MR) is 108 cm³/mol. The summed E-state index contributed by atoms with van der Waals surface area (Å²) in [5.41, 5.74) is 1.19. The van der Waals surface area contributed by atoms with E-state index in [1.54, 1.807) is 31.2 Å². The van der Waals surface area contributed by atoms with Crippen LogP contribution in [0.2, 0.25) is 0 Å². The van der Waals surface area contributed by atoms with Crippen molar-refractivity contribution in [1.29, 1.82) is 0 Å². The van der Waals surface area contributed by atoms with Crippen molar-refractivity contribution in [3.8, 4) is 11.5 Å². The van der Waals surface area contributed by atoms with Gasteiger partial charge in [0.25, 0.3) is 5.91 Å². The van der Waals surface area contributed by atoms with Crippen molar-refractivity contribution in [3.05, 3.63) is 48.0 Å². The quantitative estimate of drug-likeness (QED) is 0.632. The highest BCUT2D eigenvalue weighted by atomic mass is 32.2. The van der Waals surface area contributed by atoms with Crippen molar-refractivity contribution in [2.24, 2.45) is 0 Å². The summed E-state index contributed by atoms with van der Waals surface area (Å²) in [6.45, 7) is 6.15. The van der Waals surface area contributed by atoms with Gasteiger partial charge in [-0.05, 0) is 56.2 Å². The second kappa shape index (κ2) is 10.1. The molecule has 0 spiro atoms. The van der Waals surface area contributed by atoms with Crippen LogP contribution in [-0.2, 0) is 14.8 Å². The third kappa shape index (κ3) is 5.97. The molecule has 0 saturated carbocycles. The van der Waals surface area contributed by atoms with Gasteiger partial charge in [-0.3, -0.25) is 4.79 Å². The Morgan fingerprint density at radius 1 is 1.04 bits per heavy atom. The highest BCUT2D eigenvalue weighted by molar-refractivity contribution is 7.89. The fraction of sp³-hybridized carbons (Fsp3) is 0.350. The van der Waals surface area contributed by atoms with Gasteiger partial charge in [-0.15, -0.1) is 0 Å². The van der Waals surface area contributed by atoms with Crippen molar-refractivity contribution in [3.63, 3.8) is 0 Å². The smallest absolute Gasteiger partial charge is 0.262 e. The maximum absolute atomic E-state index is 12.2. The average Bonchev–Trinajstić information content (AvgIpc) is 2.67. The summed E-state index contributed by atoms with van der Waals surface area (Å²) in [6, 6.07) is 11.7. The van der Waals surface area contributed by atoms with Gasteiger partial charge in [0.15, 0.2) is 6.61 Å². The van der Waals surface area contributed by atoms with Gasteiger partial charge >= 0.3 is 0 Å². The van der Waals surface area contributed by atoms with E-state index in [1.807, 2.05) is 19.9 Å². The van der Waals surface area contributed by atoms with Gasteiger partial charge in [-0.2, -0.15) is 0 Å². The van der Waals surface area contributed by atoms with Crippen LogP contribution < -0.4 is 19.5 Å². The van der Waals surface area contributed by atoms with E-state index < -0.39 is 10.0 Å². The molecular formula is C20H26N2O5S. The number of carbonyl (C=O) groups excluding carboxylic acids is 1. The first-order valence-electron chi connectivity index (χ1n) is 9.12. The molecule has 7 nitrogen and oxygen atoms in total. The van der Waals surface area contributed by atoms with E-state index in [1.165, 1.54) is 12.1 Å². The molecule has 2 aromatic rings. The molecule has 0 aromatic heterocycles. The molecule has 2 N–H and O–H groups in total. The van der Waals surface area contributed by atoms with Crippen LogP contribution in [0, 0.1) is 6.92 Å². The van der Waals surface area contributed by atoms with Gasteiger partial charge in [0.1, 0.15) is 11.5 Å². The predicted octanol–water partition coefficient (Wildman–Crippen LogP) is 3.10. The molecule has 0 fully saturated rings. The Balaban J connectivity index is 2.00. The first kappa shape index (κ1) is 21.7. The number of nitrogens with one attached hydrogen (secondary N) is 2. The zero-order valence-electron chi connectivity index (χ0n) is 16.3. The molecule has 0 bridgehead atoms. The fourth-order valence-corrected chi connectivity index (χ4v) is 3.67. The van der Waals surface area contributed by atoms with Crippen LogP contribution in [0.1, 0.15) is 25.8 Å². The summed E-state index contributed by atoms with van der Waals surface area (Å²) in [4.78, 5) is 12.4. The molecule has 0 aliphatic rings. The zero-order chi connectivity index (χ0) is 20.6. The van der Waals surface area contributed by atoms with Gasteiger partial charge < -0.3 is 14.8 Å². The van der Waals surface area contributed by atoms with Gasteiger partial charge in [-0.1, -0.05) is 19.1 Å². The van der Waals surface area contributed by atoms with Crippen LogP contribution in [0.25, 0.3) is 0 Å². The van der Waals surface area contributed by atoms with Gasteiger partial charge in [0, 0.05) is 6.54 Å². The zero-order valence-corrected chi connectivity index (χ0v) is 17.1. The number of carbonyl (C=O) groups is 1. The highest BCUT2D eigenvalue weighted by Gasteiger charge is 2.15. The van der Waals surface area contributed by atoms with E-state index in [4.69, 9.17) is 9.47 Å². The molecule has 2 aromatic carbocycles. The topological polar surface area (TPSA) is 93.7 Å². The molecular weight excluding hydrogens is 380 g/mol. The number of para-hydroxylation sites is 2. The number of hydrogen-bond donors (Lipinski definition) is 2. The highest BCUT2D eigenvalue weighted by Crippen LogP contribution is 2.24. The Bertz CT molecular complexity index is 913. The first-order chi connectivity index (χ1) is 13.4. The van der Waals surface area contributed by atoms with Crippen LogP contribution in [0.5, 0.6) is 11.5 Å². The lowest BCUT2D eigenvalue weighted by atomic mass is 10.2. The average molecular weight is 407 g/mol. The third-order valence-electron chi connectivity index (χ3n) is 3.82. The van der Waals surface area contributed by atoms with E-state index in [-0.39, 0.29) is 17.4 Å². The van der Waals surface area contributed by atoms with Crippen LogP contribution in [-0.4, -0.2) is 34.1 Å². The lowest BCUT2D eigenvalue weighted by Crippen LogP contribution is -2.24. The first-order valence-corrected chi connectivity index (χ1v) is 10.6.